The van der Waals surface area contributed by atoms with Crippen LogP contribution in [0.15, 0.2) is 63.9 Å². The molecule has 6 nitrogen and oxygen atoms in total. The molecular formula is C17H11NO5S. The van der Waals surface area contributed by atoms with E-state index >= 15 is 0 Å². The Balaban J connectivity index is 2.11. The summed E-state index contributed by atoms with van der Waals surface area (Å²) in [7, 11) is -4.42. The fourth-order valence-electron chi connectivity index (χ4n) is 2.71. The van der Waals surface area contributed by atoms with Crippen LogP contribution in [0.25, 0.3) is 33.3 Å². The summed E-state index contributed by atoms with van der Waals surface area (Å²) < 4.78 is 38.5. The quantitative estimate of drug-likeness (QED) is 0.540. The molecule has 0 radical (unpaired) electrons. The van der Waals surface area contributed by atoms with Crippen molar-refractivity contribution in [3.05, 3.63) is 54.6 Å². The minimum absolute atomic E-state index is 0.00312. The van der Waals surface area contributed by atoms with E-state index in [4.69, 9.17) is 4.42 Å². The van der Waals surface area contributed by atoms with Gasteiger partial charge in [-0.2, -0.15) is 8.42 Å². The van der Waals surface area contributed by atoms with Gasteiger partial charge in [0.25, 0.3) is 10.1 Å². The van der Waals surface area contributed by atoms with Crippen molar-refractivity contribution in [2.75, 3.05) is 0 Å². The third kappa shape index (κ3) is 2.22. The minimum Gasteiger partial charge on any atom is -0.507 e. The molecule has 7 heteroatoms. The van der Waals surface area contributed by atoms with Gasteiger partial charge in [0, 0.05) is 16.8 Å². The van der Waals surface area contributed by atoms with E-state index in [-0.39, 0.29) is 22.1 Å². The first-order valence-electron chi connectivity index (χ1n) is 7.03. The Kier molecular flexibility index (Phi) is 3.09. The van der Waals surface area contributed by atoms with E-state index in [2.05, 4.69) is 4.98 Å². The molecule has 0 aliphatic heterocycles. The SMILES string of the molecule is O=S(=O)(O)c1cc2oc(-c3ccccc3O)nc2c2ccccc12. The molecule has 3 aromatic carbocycles. The van der Waals surface area contributed by atoms with E-state index in [1.165, 1.54) is 12.1 Å². The number of phenols is 1. The van der Waals surface area contributed by atoms with Gasteiger partial charge in [-0.15, -0.1) is 0 Å². The average molecular weight is 341 g/mol. The normalized spacial score (nSPS) is 12.0. The minimum atomic E-state index is -4.42. The third-order valence-electron chi connectivity index (χ3n) is 3.78. The molecule has 0 atom stereocenters. The first-order chi connectivity index (χ1) is 11.4. The predicted octanol–water partition coefficient (Wildman–Crippen LogP) is 3.60. The van der Waals surface area contributed by atoms with Gasteiger partial charge in [-0.3, -0.25) is 4.55 Å². The topological polar surface area (TPSA) is 101 Å². The number of hydrogen-bond donors (Lipinski definition) is 2. The first-order valence-corrected chi connectivity index (χ1v) is 8.47. The van der Waals surface area contributed by atoms with Crippen molar-refractivity contribution in [1.82, 2.24) is 4.98 Å². The lowest BCUT2D eigenvalue weighted by Gasteiger charge is -2.03. The van der Waals surface area contributed by atoms with Gasteiger partial charge >= 0.3 is 0 Å². The molecular weight excluding hydrogens is 330 g/mol. The zero-order chi connectivity index (χ0) is 16.9. The van der Waals surface area contributed by atoms with E-state index in [1.54, 1.807) is 42.5 Å². The van der Waals surface area contributed by atoms with Gasteiger partial charge in [0.1, 0.15) is 16.2 Å². The number of aromatic nitrogens is 1. The van der Waals surface area contributed by atoms with Gasteiger partial charge in [0.05, 0.1) is 5.56 Å². The standard InChI is InChI=1S/C17H11NO5S/c19-13-8-4-3-7-12(13)17-18-16-11-6-2-1-5-10(11)15(24(20,21)22)9-14(16)23-17/h1-9,19H,(H,20,21,22). The van der Waals surface area contributed by atoms with Crippen LogP contribution in [0.1, 0.15) is 0 Å². The largest absolute Gasteiger partial charge is 0.507 e. The number of benzene rings is 3. The van der Waals surface area contributed by atoms with Crippen LogP contribution in [0.2, 0.25) is 0 Å². The Morgan fingerprint density at radius 3 is 2.33 bits per heavy atom. The van der Waals surface area contributed by atoms with Gasteiger partial charge in [-0.05, 0) is 12.1 Å². The number of fused-ring (bicyclic) bond motifs is 3. The molecule has 0 aliphatic carbocycles. The molecule has 120 valence electrons. The molecule has 1 aromatic heterocycles. The summed E-state index contributed by atoms with van der Waals surface area (Å²) in [4.78, 5) is 4.15. The van der Waals surface area contributed by atoms with E-state index in [0.29, 0.717) is 21.9 Å². The van der Waals surface area contributed by atoms with Crippen molar-refractivity contribution in [3.63, 3.8) is 0 Å². The predicted molar refractivity (Wildman–Crippen MR) is 88.4 cm³/mol. The lowest BCUT2D eigenvalue weighted by Crippen LogP contribution is -1.99. The highest BCUT2D eigenvalue weighted by Crippen LogP contribution is 2.35. The zero-order valence-corrected chi connectivity index (χ0v) is 13.0. The molecule has 0 saturated heterocycles. The summed E-state index contributed by atoms with van der Waals surface area (Å²) in [6, 6.07) is 14.5. The highest BCUT2D eigenvalue weighted by molar-refractivity contribution is 7.86. The highest BCUT2D eigenvalue weighted by atomic mass is 32.2. The number of nitrogens with zero attached hydrogens (tertiary/aromatic N) is 1. The lowest BCUT2D eigenvalue weighted by molar-refractivity contribution is 0.473. The molecule has 0 unspecified atom stereocenters. The van der Waals surface area contributed by atoms with E-state index in [1.807, 2.05) is 0 Å². The second-order valence-electron chi connectivity index (χ2n) is 5.28. The maximum atomic E-state index is 11.7. The fourth-order valence-corrected chi connectivity index (χ4v) is 3.42. The Hall–Kier alpha value is -2.90. The van der Waals surface area contributed by atoms with Gasteiger partial charge in [0.2, 0.25) is 5.89 Å². The fraction of sp³-hybridized carbons (Fsp3) is 0. The Labute approximate surface area is 136 Å². The first kappa shape index (κ1) is 14.7. The van der Waals surface area contributed by atoms with Crippen molar-refractivity contribution in [2.24, 2.45) is 0 Å². The number of hydrogen-bond acceptors (Lipinski definition) is 5. The van der Waals surface area contributed by atoms with Crippen LogP contribution in [0, 0.1) is 0 Å². The van der Waals surface area contributed by atoms with Gasteiger partial charge in [-0.1, -0.05) is 36.4 Å². The summed E-state index contributed by atoms with van der Waals surface area (Å²) in [5, 5.41) is 10.8. The summed E-state index contributed by atoms with van der Waals surface area (Å²) in [5.41, 5.74) is 1.06. The molecule has 0 spiro atoms. The molecule has 2 N–H and O–H groups in total. The number of phenolic OH excluding ortho intramolecular Hbond substituents is 1. The van der Waals surface area contributed by atoms with Crippen LogP contribution in [0.3, 0.4) is 0 Å². The molecule has 0 aliphatic rings. The third-order valence-corrected chi connectivity index (χ3v) is 4.67. The molecule has 1 heterocycles. The average Bonchev–Trinajstić information content (AvgIpc) is 2.97. The van der Waals surface area contributed by atoms with Crippen LogP contribution in [0.4, 0.5) is 0 Å². The van der Waals surface area contributed by atoms with E-state index < -0.39 is 10.1 Å². The smallest absolute Gasteiger partial charge is 0.295 e. The maximum Gasteiger partial charge on any atom is 0.295 e. The van der Waals surface area contributed by atoms with E-state index in [0.717, 1.165) is 0 Å². The number of aromatic hydroxyl groups is 1. The summed E-state index contributed by atoms with van der Waals surface area (Å²) in [6.07, 6.45) is 0. The molecule has 0 fully saturated rings. The van der Waals surface area contributed by atoms with Crippen molar-refractivity contribution >= 4 is 32.0 Å². The Morgan fingerprint density at radius 1 is 0.958 bits per heavy atom. The Bertz CT molecular complexity index is 1190. The Morgan fingerprint density at radius 2 is 1.62 bits per heavy atom. The molecule has 0 bridgehead atoms. The number of rotatable bonds is 2. The number of para-hydroxylation sites is 1. The highest BCUT2D eigenvalue weighted by Gasteiger charge is 2.20. The molecule has 0 saturated carbocycles. The molecule has 0 amide bonds. The zero-order valence-electron chi connectivity index (χ0n) is 12.2. The van der Waals surface area contributed by atoms with Crippen LogP contribution in [-0.2, 0) is 10.1 Å². The molecule has 4 aromatic rings. The summed E-state index contributed by atoms with van der Waals surface area (Å²) in [5.74, 6) is 0.170. The van der Waals surface area contributed by atoms with Crippen molar-refractivity contribution in [1.29, 1.82) is 0 Å². The second kappa shape index (κ2) is 5.05. The second-order valence-corrected chi connectivity index (χ2v) is 6.67. The van der Waals surface area contributed by atoms with E-state index in [9.17, 15) is 18.1 Å². The summed E-state index contributed by atoms with van der Waals surface area (Å²) in [6.45, 7) is 0. The maximum absolute atomic E-state index is 11.7. The van der Waals surface area contributed by atoms with Gasteiger partial charge in [0.15, 0.2) is 5.58 Å². The molecule has 4 rings (SSSR count). The van der Waals surface area contributed by atoms with Crippen molar-refractivity contribution in [2.45, 2.75) is 4.90 Å². The van der Waals surface area contributed by atoms with Crippen molar-refractivity contribution < 1.29 is 22.5 Å². The summed E-state index contributed by atoms with van der Waals surface area (Å²) >= 11 is 0. The van der Waals surface area contributed by atoms with Crippen molar-refractivity contribution in [3.8, 4) is 17.2 Å². The van der Waals surface area contributed by atoms with Crippen LogP contribution in [0.5, 0.6) is 5.75 Å². The van der Waals surface area contributed by atoms with Crippen LogP contribution < -0.4 is 0 Å². The van der Waals surface area contributed by atoms with Gasteiger partial charge in [-0.25, -0.2) is 4.98 Å². The molecule has 24 heavy (non-hydrogen) atoms. The van der Waals surface area contributed by atoms with Crippen LogP contribution in [-0.4, -0.2) is 23.1 Å². The lowest BCUT2D eigenvalue weighted by atomic mass is 10.1. The number of oxazole rings is 1. The van der Waals surface area contributed by atoms with Crippen LogP contribution >= 0.6 is 0 Å². The monoisotopic (exact) mass is 341 g/mol. The van der Waals surface area contributed by atoms with Gasteiger partial charge < -0.3 is 9.52 Å².